The van der Waals surface area contributed by atoms with Gasteiger partial charge in [-0.2, -0.15) is 0 Å². The van der Waals surface area contributed by atoms with Crippen molar-refractivity contribution in [2.75, 3.05) is 18.6 Å². The summed E-state index contributed by atoms with van der Waals surface area (Å²) >= 11 is 0. The van der Waals surface area contributed by atoms with Crippen LogP contribution in [0.15, 0.2) is 24.4 Å². The molecule has 140 valence electrons. The second-order valence-corrected chi connectivity index (χ2v) is 9.07. The summed E-state index contributed by atoms with van der Waals surface area (Å²) in [6.45, 7) is 3.68. The van der Waals surface area contributed by atoms with Crippen molar-refractivity contribution >= 4 is 27.2 Å². The van der Waals surface area contributed by atoms with E-state index in [-0.39, 0.29) is 46.9 Å². The molecule has 26 heavy (non-hydrogen) atoms. The molecule has 1 unspecified atom stereocenters. The molecule has 9 heteroatoms. The summed E-state index contributed by atoms with van der Waals surface area (Å²) in [4.78, 5) is 31.1. The van der Waals surface area contributed by atoms with Crippen LogP contribution < -0.4 is 5.32 Å². The number of nitrogens with one attached hydrogen (secondary N) is 1. The summed E-state index contributed by atoms with van der Waals surface area (Å²) in [6, 6.07) is 4.79. The SMILES string of the molecule is CC(C)NC(=O)c1nc(C(=O)N(C)C2CCS(=O)(=O)C2)c2ccccn12. The van der Waals surface area contributed by atoms with Gasteiger partial charge < -0.3 is 10.2 Å². The minimum atomic E-state index is -3.10. The number of hydrogen-bond donors (Lipinski definition) is 1. The van der Waals surface area contributed by atoms with Crippen LogP contribution in [-0.4, -0.2) is 65.2 Å². The van der Waals surface area contributed by atoms with Crippen LogP contribution in [-0.2, 0) is 9.84 Å². The summed E-state index contributed by atoms with van der Waals surface area (Å²) in [5, 5.41) is 2.77. The molecular formula is C17H22N4O4S. The lowest BCUT2D eigenvalue weighted by Crippen LogP contribution is -2.38. The van der Waals surface area contributed by atoms with Crippen molar-refractivity contribution in [2.45, 2.75) is 32.4 Å². The van der Waals surface area contributed by atoms with Crippen LogP contribution in [0.3, 0.4) is 0 Å². The van der Waals surface area contributed by atoms with E-state index in [1.54, 1.807) is 35.8 Å². The molecule has 1 aliphatic heterocycles. The van der Waals surface area contributed by atoms with E-state index in [1.807, 2.05) is 13.8 Å². The van der Waals surface area contributed by atoms with Gasteiger partial charge >= 0.3 is 0 Å². The molecule has 0 saturated carbocycles. The molecule has 1 atom stereocenters. The topological polar surface area (TPSA) is 101 Å². The molecule has 0 aromatic carbocycles. The van der Waals surface area contributed by atoms with Gasteiger partial charge in [-0.3, -0.25) is 14.0 Å². The number of fused-ring (bicyclic) bond motifs is 1. The Kier molecular flexibility index (Phi) is 4.74. The van der Waals surface area contributed by atoms with E-state index in [1.165, 1.54) is 4.90 Å². The number of nitrogens with zero attached hydrogens (tertiary/aromatic N) is 3. The largest absolute Gasteiger partial charge is 0.347 e. The molecule has 2 aromatic heterocycles. The van der Waals surface area contributed by atoms with E-state index in [4.69, 9.17) is 0 Å². The van der Waals surface area contributed by atoms with Gasteiger partial charge in [-0.15, -0.1) is 0 Å². The van der Waals surface area contributed by atoms with Gasteiger partial charge in [-0.25, -0.2) is 13.4 Å². The Hall–Kier alpha value is -2.42. The van der Waals surface area contributed by atoms with Crippen molar-refractivity contribution in [1.82, 2.24) is 19.6 Å². The van der Waals surface area contributed by atoms with Crippen molar-refractivity contribution in [3.05, 3.63) is 35.9 Å². The van der Waals surface area contributed by atoms with E-state index in [0.717, 1.165) is 0 Å². The summed E-state index contributed by atoms with van der Waals surface area (Å²) in [7, 11) is -1.52. The Balaban J connectivity index is 1.97. The minimum Gasteiger partial charge on any atom is -0.347 e. The molecule has 0 radical (unpaired) electrons. The summed E-state index contributed by atoms with van der Waals surface area (Å²) < 4.78 is 25.0. The van der Waals surface area contributed by atoms with Gasteiger partial charge in [0.05, 0.1) is 17.0 Å². The van der Waals surface area contributed by atoms with Gasteiger partial charge in [0.25, 0.3) is 11.8 Å². The summed E-state index contributed by atoms with van der Waals surface area (Å²) in [5.41, 5.74) is 0.658. The zero-order chi connectivity index (χ0) is 19.1. The molecule has 8 nitrogen and oxygen atoms in total. The summed E-state index contributed by atoms with van der Waals surface area (Å²) in [6.07, 6.45) is 2.09. The number of pyridine rings is 1. The van der Waals surface area contributed by atoms with Gasteiger partial charge in [0, 0.05) is 25.3 Å². The van der Waals surface area contributed by atoms with Crippen LogP contribution in [0, 0.1) is 0 Å². The molecule has 3 heterocycles. The Morgan fingerprint density at radius 3 is 2.69 bits per heavy atom. The lowest BCUT2D eigenvalue weighted by Gasteiger charge is -2.22. The van der Waals surface area contributed by atoms with Gasteiger partial charge in [0.15, 0.2) is 15.5 Å². The first-order valence-corrected chi connectivity index (χ1v) is 10.3. The first kappa shape index (κ1) is 18.4. The third kappa shape index (κ3) is 3.44. The maximum Gasteiger partial charge on any atom is 0.287 e. The Bertz CT molecular complexity index is 964. The standard InChI is InChI=1S/C17H22N4O4S/c1-11(2)18-16(22)15-19-14(13-6-4-5-8-21(13)15)17(23)20(3)12-7-9-26(24,25)10-12/h4-6,8,11-12H,7,9-10H2,1-3H3,(H,18,22). The number of imidazole rings is 1. The lowest BCUT2D eigenvalue weighted by atomic mass is 10.2. The Morgan fingerprint density at radius 1 is 1.35 bits per heavy atom. The van der Waals surface area contributed by atoms with Crippen molar-refractivity contribution in [3.63, 3.8) is 0 Å². The fourth-order valence-corrected chi connectivity index (χ4v) is 4.87. The van der Waals surface area contributed by atoms with Crippen molar-refractivity contribution < 1.29 is 18.0 Å². The molecule has 1 N–H and O–H groups in total. The Morgan fingerprint density at radius 2 is 2.08 bits per heavy atom. The van der Waals surface area contributed by atoms with E-state index >= 15 is 0 Å². The molecule has 1 fully saturated rings. The normalized spacial score (nSPS) is 19.0. The van der Waals surface area contributed by atoms with E-state index < -0.39 is 9.84 Å². The van der Waals surface area contributed by atoms with Crippen LogP contribution in [0.4, 0.5) is 0 Å². The number of sulfone groups is 1. The first-order valence-electron chi connectivity index (χ1n) is 8.45. The van der Waals surface area contributed by atoms with E-state index in [9.17, 15) is 18.0 Å². The first-order chi connectivity index (χ1) is 12.2. The van der Waals surface area contributed by atoms with Gasteiger partial charge in [0.2, 0.25) is 5.82 Å². The average Bonchev–Trinajstić information content (AvgIpc) is 3.13. The predicted molar refractivity (Wildman–Crippen MR) is 96.9 cm³/mol. The minimum absolute atomic E-state index is 0.0400. The second kappa shape index (κ2) is 6.71. The van der Waals surface area contributed by atoms with Gasteiger partial charge in [-0.05, 0) is 32.4 Å². The van der Waals surface area contributed by atoms with Gasteiger partial charge in [-0.1, -0.05) is 6.07 Å². The third-order valence-electron chi connectivity index (χ3n) is 4.45. The smallest absolute Gasteiger partial charge is 0.287 e. The van der Waals surface area contributed by atoms with Crippen LogP contribution in [0.5, 0.6) is 0 Å². The zero-order valence-corrected chi connectivity index (χ0v) is 15.8. The number of amides is 2. The molecule has 2 amide bonds. The molecule has 3 rings (SSSR count). The molecule has 2 aromatic rings. The van der Waals surface area contributed by atoms with Crippen LogP contribution in [0.25, 0.3) is 5.52 Å². The van der Waals surface area contributed by atoms with Crippen LogP contribution >= 0.6 is 0 Å². The molecule has 0 aliphatic carbocycles. The Labute approximate surface area is 152 Å². The molecule has 1 aliphatic rings. The number of carbonyl (C=O) groups is 2. The highest BCUT2D eigenvalue weighted by atomic mass is 32.2. The molecular weight excluding hydrogens is 356 g/mol. The maximum absolute atomic E-state index is 12.9. The fourth-order valence-electron chi connectivity index (χ4n) is 3.10. The van der Waals surface area contributed by atoms with E-state index in [0.29, 0.717) is 11.9 Å². The second-order valence-electron chi connectivity index (χ2n) is 6.84. The van der Waals surface area contributed by atoms with E-state index in [2.05, 4.69) is 10.3 Å². The number of aromatic nitrogens is 2. The highest BCUT2D eigenvalue weighted by molar-refractivity contribution is 7.91. The third-order valence-corrected chi connectivity index (χ3v) is 6.20. The zero-order valence-electron chi connectivity index (χ0n) is 15.0. The number of carbonyl (C=O) groups excluding carboxylic acids is 2. The lowest BCUT2D eigenvalue weighted by molar-refractivity contribution is 0.0744. The van der Waals surface area contributed by atoms with Crippen molar-refractivity contribution in [3.8, 4) is 0 Å². The fraction of sp³-hybridized carbons (Fsp3) is 0.471. The maximum atomic E-state index is 12.9. The molecule has 0 bridgehead atoms. The van der Waals surface area contributed by atoms with Crippen LogP contribution in [0.1, 0.15) is 41.4 Å². The van der Waals surface area contributed by atoms with Gasteiger partial charge in [0.1, 0.15) is 0 Å². The highest BCUT2D eigenvalue weighted by Gasteiger charge is 2.34. The molecule has 1 saturated heterocycles. The quantitative estimate of drug-likeness (QED) is 0.845. The average molecular weight is 378 g/mol. The monoisotopic (exact) mass is 378 g/mol. The number of rotatable bonds is 4. The highest BCUT2D eigenvalue weighted by Crippen LogP contribution is 2.21. The van der Waals surface area contributed by atoms with Crippen molar-refractivity contribution in [1.29, 1.82) is 0 Å². The van der Waals surface area contributed by atoms with Crippen molar-refractivity contribution in [2.24, 2.45) is 0 Å². The summed E-state index contributed by atoms with van der Waals surface area (Å²) in [5.74, 6) is -0.584. The molecule has 0 spiro atoms. The predicted octanol–water partition coefficient (Wildman–Crippen LogP) is 0.732. The van der Waals surface area contributed by atoms with Crippen LogP contribution in [0.2, 0.25) is 0 Å². The number of hydrogen-bond acceptors (Lipinski definition) is 5.